The van der Waals surface area contributed by atoms with Gasteiger partial charge in [-0.2, -0.15) is 0 Å². The average Bonchev–Trinajstić information content (AvgIpc) is 2.29. The predicted octanol–water partition coefficient (Wildman–Crippen LogP) is 4.11. The number of hydrogen-bond acceptors (Lipinski definition) is 2. The van der Waals surface area contributed by atoms with Gasteiger partial charge in [0.15, 0.2) is 0 Å². The van der Waals surface area contributed by atoms with Gasteiger partial charge in [-0.05, 0) is 43.0 Å². The van der Waals surface area contributed by atoms with Gasteiger partial charge in [0.2, 0.25) is 0 Å². The molecular formula is C17H27NO. The molecule has 106 valence electrons. The molecule has 19 heavy (non-hydrogen) atoms. The fraction of sp³-hybridized carbons (Fsp3) is 0.647. The van der Waals surface area contributed by atoms with Crippen molar-refractivity contribution in [1.29, 1.82) is 0 Å². The average molecular weight is 261 g/mol. The van der Waals surface area contributed by atoms with E-state index in [9.17, 15) is 0 Å². The smallest absolute Gasteiger partial charge is 0.127 e. The highest BCUT2D eigenvalue weighted by Gasteiger charge is 2.28. The van der Waals surface area contributed by atoms with Crippen LogP contribution in [0.25, 0.3) is 0 Å². The highest BCUT2D eigenvalue weighted by Crippen LogP contribution is 2.40. The van der Waals surface area contributed by atoms with Gasteiger partial charge in [0.25, 0.3) is 0 Å². The maximum atomic E-state index is 6.07. The molecule has 2 rings (SSSR count). The summed E-state index contributed by atoms with van der Waals surface area (Å²) in [6, 6.07) is 5.03. The number of hydrogen-bond donors (Lipinski definition) is 1. The van der Waals surface area contributed by atoms with Gasteiger partial charge in [0.05, 0.1) is 6.10 Å². The van der Waals surface area contributed by atoms with E-state index in [-0.39, 0.29) is 11.5 Å². The van der Waals surface area contributed by atoms with Crippen LogP contribution in [0, 0.1) is 6.92 Å². The maximum absolute atomic E-state index is 6.07. The van der Waals surface area contributed by atoms with Gasteiger partial charge in [-0.3, -0.25) is 0 Å². The molecule has 0 amide bonds. The van der Waals surface area contributed by atoms with E-state index in [4.69, 9.17) is 4.74 Å². The molecule has 1 N–H and O–H groups in total. The second-order valence-corrected chi connectivity index (χ2v) is 6.74. The Morgan fingerprint density at radius 1 is 1.32 bits per heavy atom. The Bertz CT molecular complexity index is 459. The summed E-state index contributed by atoms with van der Waals surface area (Å²) in [5, 5.41) is 3.60. The summed E-state index contributed by atoms with van der Waals surface area (Å²) >= 11 is 0. The van der Waals surface area contributed by atoms with Crippen LogP contribution in [0.2, 0.25) is 0 Å². The summed E-state index contributed by atoms with van der Waals surface area (Å²) in [7, 11) is 0. The van der Waals surface area contributed by atoms with E-state index in [0.717, 1.165) is 18.7 Å². The molecule has 0 aliphatic carbocycles. The third-order valence-corrected chi connectivity index (χ3v) is 3.88. The van der Waals surface area contributed by atoms with Crippen molar-refractivity contribution in [3.05, 3.63) is 28.8 Å². The number of rotatable bonds is 2. The molecule has 0 aromatic heterocycles. The van der Waals surface area contributed by atoms with Gasteiger partial charge in [-0.25, -0.2) is 0 Å². The number of aryl methyl sites for hydroxylation is 1. The molecule has 2 nitrogen and oxygen atoms in total. The van der Waals surface area contributed by atoms with Crippen LogP contribution in [0.3, 0.4) is 0 Å². The largest absolute Gasteiger partial charge is 0.490 e. The summed E-state index contributed by atoms with van der Waals surface area (Å²) in [6.45, 7) is 14.3. The summed E-state index contributed by atoms with van der Waals surface area (Å²) in [5.74, 6) is 1.10. The lowest BCUT2D eigenvalue weighted by Crippen LogP contribution is -2.32. The topological polar surface area (TPSA) is 21.3 Å². The van der Waals surface area contributed by atoms with E-state index in [1.54, 1.807) is 0 Å². The summed E-state index contributed by atoms with van der Waals surface area (Å²) in [6.07, 6.45) is 1.34. The van der Waals surface area contributed by atoms with Crippen molar-refractivity contribution in [3.63, 3.8) is 0 Å². The molecule has 1 aromatic carbocycles. The van der Waals surface area contributed by atoms with Crippen molar-refractivity contribution >= 4 is 0 Å². The van der Waals surface area contributed by atoms with Gasteiger partial charge >= 0.3 is 0 Å². The molecule has 0 radical (unpaired) electrons. The minimum Gasteiger partial charge on any atom is -0.490 e. The van der Waals surface area contributed by atoms with Crippen molar-refractivity contribution in [2.45, 2.75) is 65.5 Å². The molecule has 0 saturated carbocycles. The van der Waals surface area contributed by atoms with Crippen molar-refractivity contribution in [3.8, 4) is 5.75 Å². The molecule has 2 unspecified atom stereocenters. The van der Waals surface area contributed by atoms with Crippen LogP contribution in [0.4, 0.5) is 0 Å². The van der Waals surface area contributed by atoms with Crippen LogP contribution in [0.15, 0.2) is 12.1 Å². The van der Waals surface area contributed by atoms with Crippen molar-refractivity contribution in [1.82, 2.24) is 5.32 Å². The quantitative estimate of drug-likeness (QED) is 0.865. The van der Waals surface area contributed by atoms with Crippen LogP contribution in [-0.4, -0.2) is 12.6 Å². The molecule has 0 bridgehead atoms. The molecule has 1 aliphatic heterocycles. The van der Waals surface area contributed by atoms with Crippen molar-refractivity contribution < 1.29 is 4.74 Å². The van der Waals surface area contributed by atoms with Gasteiger partial charge in [0, 0.05) is 18.0 Å². The Morgan fingerprint density at radius 2 is 2.00 bits per heavy atom. The molecule has 0 spiro atoms. The first kappa shape index (κ1) is 14.4. The van der Waals surface area contributed by atoms with E-state index < -0.39 is 0 Å². The van der Waals surface area contributed by atoms with E-state index >= 15 is 0 Å². The van der Waals surface area contributed by atoms with E-state index in [2.05, 4.69) is 59.0 Å². The van der Waals surface area contributed by atoms with Crippen LogP contribution in [0.1, 0.15) is 63.8 Å². The Balaban J connectivity index is 2.50. The zero-order valence-corrected chi connectivity index (χ0v) is 13.1. The second-order valence-electron chi connectivity index (χ2n) is 6.74. The van der Waals surface area contributed by atoms with Crippen LogP contribution < -0.4 is 10.1 Å². The number of ether oxygens (including phenoxy) is 1. The molecule has 1 aliphatic rings. The number of nitrogens with one attached hydrogen (secondary N) is 1. The standard InChI is InChI=1S/C17H27NO/c1-7-18-15-9-12(3)19-16-11(2)8-13(10-14(15)16)17(4,5)6/h8,10,12,15,18H,7,9H2,1-6H3. The van der Waals surface area contributed by atoms with Crippen LogP contribution >= 0.6 is 0 Å². The first-order chi connectivity index (χ1) is 8.82. The fourth-order valence-corrected chi connectivity index (χ4v) is 2.80. The first-order valence-corrected chi connectivity index (χ1v) is 7.38. The van der Waals surface area contributed by atoms with Crippen molar-refractivity contribution in [2.75, 3.05) is 6.54 Å². The minimum absolute atomic E-state index is 0.180. The minimum atomic E-state index is 0.180. The Hall–Kier alpha value is -1.02. The van der Waals surface area contributed by atoms with Gasteiger partial charge in [0.1, 0.15) is 5.75 Å². The molecule has 2 heteroatoms. The lowest BCUT2D eigenvalue weighted by atomic mass is 9.82. The third-order valence-electron chi connectivity index (χ3n) is 3.88. The molecule has 2 atom stereocenters. The molecule has 1 aromatic rings. The van der Waals surface area contributed by atoms with Crippen LogP contribution in [0.5, 0.6) is 5.75 Å². The SMILES string of the molecule is CCNC1CC(C)Oc2c(C)cc(C(C)(C)C)cc21. The van der Waals surface area contributed by atoms with Crippen molar-refractivity contribution in [2.24, 2.45) is 0 Å². The zero-order valence-electron chi connectivity index (χ0n) is 13.1. The molecular weight excluding hydrogens is 234 g/mol. The molecule has 1 heterocycles. The maximum Gasteiger partial charge on any atom is 0.127 e. The lowest BCUT2D eigenvalue weighted by molar-refractivity contribution is 0.165. The Labute approximate surface area is 117 Å². The normalized spacial score (nSPS) is 22.8. The molecule has 0 fully saturated rings. The number of benzene rings is 1. The van der Waals surface area contributed by atoms with E-state index in [1.807, 2.05) is 0 Å². The number of fused-ring (bicyclic) bond motifs is 1. The highest BCUT2D eigenvalue weighted by atomic mass is 16.5. The summed E-state index contributed by atoms with van der Waals surface area (Å²) in [5.41, 5.74) is 4.17. The first-order valence-electron chi connectivity index (χ1n) is 7.38. The van der Waals surface area contributed by atoms with Crippen LogP contribution in [-0.2, 0) is 5.41 Å². The monoisotopic (exact) mass is 261 g/mol. The van der Waals surface area contributed by atoms with E-state index in [0.29, 0.717) is 6.04 Å². The fourth-order valence-electron chi connectivity index (χ4n) is 2.80. The summed E-state index contributed by atoms with van der Waals surface area (Å²) < 4.78 is 6.07. The third kappa shape index (κ3) is 2.94. The van der Waals surface area contributed by atoms with E-state index in [1.165, 1.54) is 16.7 Å². The lowest BCUT2D eigenvalue weighted by Gasteiger charge is -2.34. The zero-order chi connectivity index (χ0) is 14.2. The molecule has 0 saturated heterocycles. The second kappa shape index (κ2) is 5.16. The predicted molar refractivity (Wildman–Crippen MR) is 81.0 cm³/mol. The van der Waals surface area contributed by atoms with Gasteiger partial charge < -0.3 is 10.1 Å². The summed E-state index contributed by atoms with van der Waals surface area (Å²) in [4.78, 5) is 0. The highest BCUT2D eigenvalue weighted by molar-refractivity contribution is 5.48. The van der Waals surface area contributed by atoms with Gasteiger partial charge in [-0.1, -0.05) is 33.8 Å². The Kier molecular flexibility index (Phi) is 3.91. The Morgan fingerprint density at radius 3 is 2.58 bits per heavy atom. The van der Waals surface area contributed by atoms with Gasteiger partial charge in [-0.15, -0.1) is 0 Å².